The van der Waals surface area contributed by atoms with E-state index in [1.807, 2.05) is 30.1 Å². The lowest BCUT2D eigenvalue weighted by atomic mass is 10.0. The van der Waals surface area contributed by atoms with Gasteiger partial charge in [0.2, 0.25) is 11.8 Å². The van der Waals surface area contributed by atoms with Crippen LogP contribution in [-0.4, -0.2) is 49.4 Å². The number of fused-ring (bicyclic) bond motifs is 1. The van der Waals surface area contributed by atoms with Gasteiger partial charge < -0.3 is 15.1 Å². The third-order valence-corrected chi connectivity index (χ3v) is 4.92. The number of hydrogen-bond acceptors (Lipinski definition) is 3. The van der Waals surface area contributed by atoms with E-state index in [-0.39, 0.29) is 24.2 Å². The maximum atomic E-state index is 12.5. The van der Waals surface area contributed by atoms with Gasteiger partial charge in [0.1, 0.15) is 0 Å². The molecule has 0 aliphatic carbocycles. The lowest BCUT2D eigenvalue weighted by Gasteiger charge is -2.34. The molecule has 0 bridgehead atoms. The number of hydrogen-bond donors (Lipinski definition) is 1. The molecule has 1 fully saturated rings. The predicted octanol–water partition coefficient (Wildman–Crippen LogP) is 1.99. The van der Waals surface area contributed by atoms with Crippen molar-refractivity contribution >= 4 is 29.9 Å². The fraction of sp³-hybridized carbons (Fsp3) is 0.556. The average Bonchev–Trinajstić information content (AvgIpc) is 2.60. The molecule has 24 heavy (non-hydrogen) atoms. The summed E-state index contributed by atoms with van der Waals surface area (Å²) in [6, 6.07) is 8.40. The Balaban J connectivity index is 0.00000208. The van der Waals surface area contributed by atoms with Crippen LogP contribution in [0.25, 0.3) is 0 Å². The van der Waals surface area contributed by atoms with Crippen molar-refractivity contribution in [3.05, 3.63) is 29.8 Å². The van der Waals surface area contributed by atoms with Crippen LogP contribution in [0.2, 0.25) is 0 Å². The van der Waals surface area contributed by atoms with Gasteiger partial charge >= 0.3 is 0 Å². The van der Waals surface area contributed by atoms with Crippen molar-refractivity contribution in [1.29, 1.82) is 0 Å². The molecule has 2 aliphatic heterocycles. The van der Waals surface area contributed by atoms with E-state index in [0.29, 0.717) is 25.4 Å². The Morgan fingerprint density at radius 3 is 2.88 bits per heavy atom. The molecule has 1 aromatic carbocycles. The summed E-state index contributed by atoms with van der Waals surface area (Å²) in [4.78, 5) is 28.4. The number of nitrogens with one attached hydrogen (secondary N) is 1. The second-order valence-corrected chi connectivity index (χ2v) is 6.39. The molecule has 1 aromatic rings. The smallest absolute Gasteiger partial charge is 0.227 e. The highest BCUT2D eigenvalue weighted by Crippen LogP contribution is 2.27. The molecule has 132 valence electrons. The number of amides is 2. The lowest BCUT2D eigenvalue weighted by Crippen LogP contribution is -2.48. The highest BCUT2D eigenvalue weighted by molar-refractivity contribution is 5.97. The van der Waals surface area contributed by atoms with E-state index in [4.69, 9.17) is 0 Å². The Morgan fingerprint density at radius 1 is 1.29 bits per heavy atom. The van der Waals surface area contributed by atoms with Crippen LogP contribution < -0.4 is 10.2 Å². The molecule has 0 aromatic heterocycles. The van der Waals surface area contributed by atoms with Crippen molar-refractivity contribution in [2.45, 2.75) is 38.1 Å². The van der Waals surface area contributed by atoms with Gasteiger partial charge in [-0.15, -0.1) is 12.4 Å². The zero-order chi connectivity index (χ0) is 16.2. The van der Waals surface area contributed by atoms with Crippen LogP contribution in [0.15, 0.2) is 24.3 Å². The molecule has 0 radical (unpaired) electrons. The summed E-state index contributed by atoms with van der Waals surface area (Å²) in [6.07, 6.45) is 3.91. The zero-order valence-corrected chi connectivity index (χ0v) is 15.0. The molecule has 2 heterocycles. The zero-order valence-electron chi connectivity index (χ0n) is 14.2. The number of carbonyl (C=O) groups is 2. The number of carbonyl (C=O) groups excluding carboxylic acids is 2. The average molecular weight is 352 g/mol. The number of para-hydroxylation sites is 1. The summed E-state index contributed by atoms with van der Waals surface area (Å²) in [5.74, 6) is 0.282. The minimum atomic E-state index is 0. The summed E-state index contributed by atoms with van der Waals surface area (Å²) in [7, 11) is 1.95. The fourth-order valence-corrected chi connectivity index (χ4v) is 3.55. The van der Waals surface area contributed by atoms with E-state index in [1.54, 1.807) is 4.90 Å². The second kappa shape index (κ2) is 8.49. The number of piperidine rings is 1. The molecule has 2 amide bonds. The van der Waals surface area contributed by atoms with Crippen LogP contribution in [0.4, 0.5) is 5.69 Å². The van der Waals surface area contributed by atoms with Gasteiger partial charge in [-0.1, -0.05) is 18.2 Å². The number of likely N-dealkylation sites (N-methyl/N-ethyl adjacent to an activating group) is 1. The second-order valence-electron chi connectivity index (χ2n) is 6.39. The van der Waals surface area contributed by atoms with Crippen molar-refractivity contribution in [1.82, 2.24) is 10.2 Å². The number of nitrogens with zero attached hydrogens (tertiary/aromatic N) is 2. The number of benzene rings is 1. The van der Waals surface area contributed by atoms with Crippen LogP contribution in [0.5, 0.6) is 0 Å². The Bertz CT molecular complexity index is 593. The van der Waals surface area contributed by atoms with E-state index < -0.39 is 0 Å². The first-order valence-electron chi connectivity index (χ1n) is 8.52. The Hall–Kier alpha value is -1.59. The van der Waals surface area contributed by atoms with E-state index in [9.17, 15) is 9.59 Å². The number of rotatable bonds is 4. The van der Waals surface area contributed by atoms with Gasteiger partial charge in [0, 0.05) is 44.2 Å². The maximum absolute atomic E-state index is 12.5. The molecular weight excluding hydrogens is 326 g/mol. The van der Waals surface area contributed by atoms with Crippen molar-refractivity contribution in [3.63, 3.8) is 0 Å². The van der Waals surface area contributed by atoms with Crippen LogP contribution in [0.1, 0.15) is 31.2 Å². The first-order chi connectivity index (χ1) is 11.2. The Morgan fingerprint density at radius 2 is 2.08 bits per heavy atom. The minimum Gasteiger partial charge on any atom is -0.341 e. The van der Waals surface area contributed by atoms with E-state index in [2.05, 4.69) is 11.4 Å². The van der Waals surface area contributed by atoms with E-state index in [0.717, 1.165) is 38.0 Å². The van der Waals surface area contributed by atoms with Gasteiger partial charge in [-0.3, -0.25) is 9.59 Å². The molecule has 6 heteroatoms. The monoisotopic (exact) mass is 351 g/mol. The Kier molecular flexibility index (Phi) is 6.63. The van der Waals surface area contributed by atoms with Gasteiger partial charge in [-0.25, -0.2) is 0 Å². The molecule has 1 saturated heterocycles. The molecule has 0 saturated carbocycles. The van der Waals surface area contributed by atoms with Gasteiger partial charge in [0.15, 0.2) is 0 Å². The maximum Gasteiger partial charge on any atom is 0.227 e. The summed E-state index contributed by atoms with van der Waals surface area (Å²) in [5, 5.41) is 3.26. The van der Waals surface area contributed by atoms with Crippen molar-refractivity contribution in [2.24, 2.45) is 0 Å². The first kappa shape index (κ1) is 18.7. The molecular formula is C18H26ClN3O2. The number of aryl methyl sites for hydroxylation is 1. The summed E-state index contributed by atoms with van der Waals surface area (Å²) in [5.41, 5.74) is 2.18. The third kappa shape index (κ3) is 4.08. The number of anilines is 1. The molecule has 2 aliphatic rings. The predicted molar refractivity (Wildman–Crippen MR) is 97.6 cm³/mol. The highest BCUT2D eigenvalue weighted by Gasteiger charge is 2.26. The molecule has 0 spiro atoms. The quantitative estimate of drug-likeness (QED) is 0.902. The van der Waals surface area contributed by atoms with E-state index in [1.165, 1.54) is 5.56 Å². The van der Waals surface area contributed by atoms with Crippen molar-refractivity contribution in [2.75, 3.05) is 31.6 Å². The highest BCUT2D eigenvalue weighted by atomic mass is 35.5. The number of likely N-dealkylation sites (tertiary alicyclic amines) is 1. The third-order valence-electron chi connectivity index (χ3n) is 4.92. The van der Waals surface area contributed by atoms with E-state index >= 15 is 0 Å². The first-order valence-corrected chi connectivity index (χ1v) is 8.52. The summed E-state index contributed by atoms with van der Waals surface area (Å²) >= 11 is 0. The van der Waals surface area contributed by atoms with Crippen LogP contribution in [0.3, 0.4) is 0 Å². The normalized spacial score (nSPS) is 20.4. The molecule has 3 rings (SSSR count). The molecule has 1 N–H and O–H groups in total. The molecule has 1 atom stereocenters. The van der Waals surface area contributed by atoms with Crippen molar-refractivity contribution in [3.8, 4) is 0 Å². The van der Waals surface area contributed by atoms with Gasteiger partial charge in [0.25, 0.3) is 0 Å². The van der Waals surface area contributed by atoms with Crippen LogP contribution in [0, 0.1) is 0 Å². The number of halogens is 1. The molecule has 5 nitrogen and oxygen atoms in total. The largest absolute Gasteiger partial charge is 0.341 e. The van der Waals surface area contributed by atoms with Crippen molar-refractivity contribution < 1.29 is 9.59 Å². The standard InChI is InChI=1S/C18H25N3O2.ClH/c1-19-15-6-4-11-20(13-15)17(22)10-12-21-16-7-3-2-5-14(16)8-9-18(21)23;/h2-3,5,7,15,19H,4,6,8-13H2,1H3;1H. The Labute approximate surface area is 149 Å². The van der Waals surface area contributed by atoms with Gasteiger partial charge in [-0.2, -0.15) is 0 Å². The topological polar surface area (TPSA) is 52.7 Å². The van der Waals surface area contributed by atoms with Gasteiger partial charge in [0.05, 0.1) is 0 Å². The SMILES string of the molecule is CNC1CCCN(C(=O)CCN2C(=O)CCc3ccccc32)C1.Cl. The van der Waals surface area contributed by atoms with Crippen LogP contribution in [-0.2, 0) is 16.0 Å². The summed E-state index contributed by atoms with van der Waals surface area (Å²) < 4.78 is 0. The fourth-order valence-electron chi connectivity index (χ4n) is 3.55. The minimum absolute atomic E-state index is 0. The molecule has 1 unspecified atom stereocenters. The van der Waals surface area contributed by atoms with Crippen LogP contribution >= 0.6 is 12.4 Å². The lowest BCUT2D eigenvalue weighted by molar-refractivity contribution is -0.132. The summed E-state index contributed by atoms with van der Waals surface area (Å²) in [6.45, 7) is 2.09. The van der Waals surface area contributed by atoms with Gasteiger partial charge in [-0.05, 0) is 37.9 Å².